The second kappa shape index (κ2) is 10.8. The number of rotatable bonds is 9. The van der Waals surface area contributed by atoms with Crippen LogP contribution in [0, 0.1) is 5.92 Å². The maximum atomic E-state index is 10.9. The molecule has 7 nitrogen and oxygen atoms in total. The highest BCUT2D eigenvalue weighted by Crippen LogP contribution is 2.29. The van der Waals surface area contributed by atoms with Crippen molar-refractivity contribution in [2.45, 2.75) is 38.3 Å². The van der Waals surface area contributed by atoms with Crippen LogP contribution in [-0.2, 0) is 11.3 Å². The summed E-state index contributed by atoms with van der Waals surface area (Å²) in [5.74, 6) is 1.28. The molecule has 0 unspecified atom stereocenters. The van der Waals surface area contributed by atoms with Crippen LogP contribution in [0.25, 0.3) is 11.1 Å². The standard InChI is InChI=1S/C24H31N3O4/c1-27(16-28)22-10-5-18(6-11-22)19-7-12-23(31-2)20(13-19)15-25-21-8-3-17(4-9-21)14-26-24(29)30/h5-7,10-13,16-17,21,25-26H,3-4,8-9,14-15H2,1-2H3,(H,29,30). The molecule has 0 radical (unpaired) electrons. The molecule has 166 valence electrons. The highest BCUT2D eigenvalue weighted by Gasteiger charge is 2.21. The average molecular weight is 426 g/mol. The number of carbonyl (C=O) groups is 2. The summed E-state index contributed by atoms with van der Waals surface area (Å²) in [5, 5.41) is 14.9. The van der Waals surface area contributed by atoms with Crippen LogP contribution in [0.3, 0.4) is 0 Å². The number of hydrogen-bond acceptors (Lipinski definition) is 4. The van der Waals surface area contributed by atoms with E-state index in [-0.39, 0.29) is 0 Å². The second-order valence-electron chi connectivity index (χ2n) is 8.07. The van der Waals surface area contributed by atoms with Crippen LogP contribution >= 0.6 is 0 Å². The third-order valence-electron chi connectivity index (χ3n) is 6.02. The van der Waals surface area contributed by atoms with E-state index >= 15 is 0 Å². The van der Waals surface area contributed by atoms with Gasteiger partial charge in [0.1, 0.15) is 5.75 Å². The van der Waals surface area contributed by atoms with Gasteiger partial charge in [-0.15, -0.1) is 0 Å². The van der Waals surface area contributed by atoms with Crippen LogP contribution in [0.2, 0.25) is 0 Å². The number of benzene rings is 2. The Kier molecular flexibility index (Phi) is 7.89. The maximum absolute atomic E-state index is 10.9. The molecule has 2 aromatic carbocycles. The van der Waals surface area contributed by atoms with Crippen molar-refractivity contribution in [2.24, 2.45) is 5.92 Å². The van der Waals surface area contributed by atoms with E-state index in [1.807, 2.05) is 36.4 Å². The van der Waals surface area contributed by atoms with Crippen molar-refractivity contribution in [1.82, 2.24) is 10.6 Å². The number of nitrogens with zero attached hydrogens (tertiary/aromatic N) is 1. The van der Waals surface area contributed by atoms with E-state index < -0.39 is 6.09 Å². The van der Waals surface area contributed by atoms with Crippen LogP contribution in [0.5, 0.6) is 5.75 Å². The molecule has 0 bridgehead atoms. The van der Waals surface area contributed by atoms with E-state index in [1.165, 1.54) is 0 Å². The van der Waals surface area contributed by atoms with E-state index in [1.54, 1.807) is 19.1 Å². The lowest BCUT2D eigenvalue weighted by Gasteiger charge is -2.29. The Morgan fingerprint density at radius 1 is 1.13 bits per heavy atom. The minimum Gasteiger partial charge on any atom is -0.496 e. The fraction of sp³-hybridized carbons (Fsp3) is 0.417. The van der Waals surface area contributed by atoms with Crippen molar-refractivity contribution in [3.05, 3.63) is 48.0 Å². The molecular formula is C24H31N3O4. The lowest BCUT2D eigenvalue weighted by Crippen LogP contribution is -2.36. The normalized spacial score (nSPS) is 18.3. The molecule has 3 rings (SSSR count). The topological polar surface area (TPSA) is 90.9 Å². The first-order valence-electron chi connectivity index (χ1n) is 10.7. The molecule has 0 saturated heterocycles. The van der Waals surface area contributed by atoms with Crippen molar-refractivity contribution in [3.8, 4) is 16.9 Å². The highest BCUT2D eigenvalue weighted by atomic mass is 16.5. The molecule has 1 aliphatic rings. The zero-order valence-corrected chi connectivity index (χ0v) is 18.1. The van der Waals surface area contributed by atoms with E-state index in [4.69, 9.17) is 9.84 Å². The minimum atomic E-state index is -0.947. The first-order valence-corrected chi connectivity index (χ1v) is 10.7. The van der Waals surface area contributed by atoms with Gasteiger partial charge in [0.05, 0.1) is 7.11 Å². The fourth-order valence-electron chi connectivity index (χ4n) is 4.10. The number of hydrogen-bond donors (Lipinski definition) is 3. The molecule has 1 fully saturated rings. The van der Waals surface area contributed by atoms with Crippen molar-refractivity contribution in [3.63, 3.8) is 0 Å². The molecular weight excluding hydrogens is 394 g/mol. The first kappa shape index (κ1) is 22.6. The Morgan fingerprint density at radius 2 is 1.81 bits per heavy atom. The van der Waals surface area contributed by atoms with Gasteiger partial charge in [0.2, 0.25) is 6.41 Å². The summed E-state index contributed by atoms with van der Waals surface area (Å²) in [6.45, 7) is 1.25. The summed E-state index contributed by atoms with van der Waals surface area (Å²) in [6.07, 6.45) is 3.98. The van der Waals surface area contributed by atoms with Gasteiger partial charge in [0, 0.05) is 37.4 Å². The Labute approximate surface area is 183 Å². The van der Waals surface area contributed by atoms with Crippen LogP contribution in [0.1, 0.15) is 31.2 Å². The molecule has 0 aliphatic heterocycles. The third-order valence-corrected chi connectivity index (χ3v) is 6.02. The molecule has 2 amide bonds. The Balaban J connectivity index is 1.61. The Hall–Kier alpha value is -3.06. The van der Waals surface area contributed by atoms with Gasteiger partial charge in [-0.3, -0.25) is 4.79 Å². The number of carbonyl (C=O) groups excluding carboxylic acids is 1. The molecule has 31 heavy (non-hydrogen) atoms. The fourth-order valence-corrected chi connectivity index (χ4v) is 4.10. The number of anilines is 1. The number of nitrogens with one attached hydrogen (secondary N) is 2. The van der Waals surface area contributed by atoms with Gasteiger partial charge in [-0.05, 0) is 67.0 Å². The van der Waals surface area contributed by atoms with Gasteiger partial charge < -0.3 is 25.4 Å². The van der Waals surface area contributed by atoms with Crippen LogP contribution < -0.4 is 20.3 Å². The molecule has 1 saturated carbocycles. The zero-order valence-electron chi connectivity index (χ0n) is 18.1. The summed E-state index contributed by atoms with van der Waals surface area (Å²) < 4.78 is 5.56. The smallest absolute Gasteiger partial charge is 0.404 e. The quantitative estimate of drug-likeness (QED) is 0.531. The summed E-state index contributed by atoms with van der Waals surface area (Å²) in [4.78, 5) is 23.1. The Morgan fingerprint density at radius 3 is 2.42 bits per heavy atom. The molecule has 0 atom stereocenters. The van der Waals surface area contributed by atoms with E-state index in [2.05, 4.69) is 16.7 Å². The van der Waals surface area contributed by atoms with Gasteiger partial charge in [-0.2, -0.15) is 0 Å². The lowest BCUT2D eigenvalue weighted by molar-refractivity contribution is -0.107. The van der Waals surface area contributed by atoms with Gasteiger partial charge in [-0.1, -0.05) is 18.2 Å². The summed E-state index contributed by atoms with van der Waals surface area (Å²) in [7, 11) is 3.42. The van der Waals surface area contributed by atoms with Gasteiger partial charge >= 0.3 is 6.09 Å². The van der Waals surface area contributed by atoms with Gasteiger partial charge in [0.15, 0.2) is 0 Å². The SMILES string of the molecule is COc1ccc(-c2ccc(N(C)C=O)cc2)cc1CNC1CCC(CNC(=O)O)CC1. The van der Waals surface area contributed by atoms with Crippen molar-refractivity contribution in [2.75, 3.05) is 25.6 Å². The van der Waals surface area contributed by atoms with Crippen LogP contribution in [0.15, 0.2) is 42.5 Å². The zero-order chi connectivity index (χ0) is 22.2. The number of ether oxygens (including phenoxy) is 1. The highest BCUT2D eigenvalue weighted by molar-refractivity contribution is 5.76. The Bertz CT molecular complexity index is 877. The van der Waals surface area contributed by atoms with Gasteiger partial charge in [-0.25, -0.2) is 4.79 Å². The average Bonchev–Trinajstić information content (AvgIpc) is 2.81. The largest absolute Gasteiger partial charge is 0.496 e. The van der Waals surface area contributed by atoms with Crippen molar-refractivity contribution in [1.29, 1.82) is 0 Å². The molecule has 7 heteroatoms. The molecule has 2 aromatic rings. The summed E-state index contributed by atoms with van der Waals surface area (Å²) in [5.41, 5.74) is 4.13. The number of carboxylic acid groups (broad SMARTS) is 1. The number of amides is 2. The lowest BCUT2D eigenvalue weighted by atomic mass is 9.86. The van der Waals surface area contributed by atoms with E-state index in [9.17, 15) is 9.59 Å². The monoisotopic (exact) mass is 425 g/mol. The number of methoxy groups -OCH3 is 1. The summed E-state index contributed by atoms with van der Waals surface area (Å²) in [6, 6.07) is 14.5. The second-order valence-corrected chi connectivity index (χ2v) is 8.07. The first-order chi connectivity index (χ1) is 15.0. The minimum absolute atomic E-state index is 0.424. The predicted molar refractivity (Wildman–Crippen MR) is 122 cm³/mol. The molecule has 0 aromatic heterocycles. The van der Waals surface area contributed by atoms with E-state index in [0.717, 1.165) is 60.2 Å². The summed E-state index contributed by atoms with van der Waals surface area (Å²) >= 11 is 0. The maximum Gasteiger partial charge on any atom is 0.404 e. The van der Waals surface area contributed by atoms with Crippen LogP contribution in [0.4, 0.5) is 10.5 Å². The molecule has 0 spiro atoms. The van der Waals surface area contributed by atoms with Crippen molar-refractivity contribution < 1.29 is 19.4 Å². The van der Waals surface area contributed by atoms with Crippen molar-refractivity contribution >= 4 is 18.2 Å². The van der Waals surface area contributed by atoms with Gasteiger partial charge in [0.25, 0.3) is 0 Å². The van der Waals surface area contributed by atoms with E-state index in [0.29, 0.717) is 25.0 Å². The third kappa shape index (κ3) is 6.21. The molecule has 1 aliphatic carbocycles. The molecule has 3 N–H and O–H groups in total. The van der Waals surface area contributed by atoms with Crippen LogP contribution in [-0.4, -0.2) is 44.4 Å². The molecule has 0 heterocycles. The predicted octanol–water partition coefficient (Wildman–Crippen LogP) is 3.87.